The summed E-state index contributed by atoms with van der Waals surface area (Å²) in [6.45, 7) is 6.52. The van der Waals surface area contributed by atoms with E-state index in [1.54, 1.807) is 0 Å². The fourth-order valence-electron chi connectivity index (χ4n) is 3.87. The van der Waals surface area contributed by atoms with E-state index < -0.39 is 0 Å². The van der Waals surface area contributed by atoms with Gasteiger partial charge in [0.05, 0.1) is 0 Å². The Kier molecular flexibility index (Phi) is 14.2. The number of unbranched alkanes of at least 4 members (excludes halogenated alkanes) is 2. The topological polar surface area (TPSA) is 15.3 Å². The third-order valence-corrected chi connectivity index (χ3v) is 6.06. The molecular formula is C21H42N2S2. The Morgan fingerprint density at radius 2 is 1.24 bits per heavy atom. The van der Waals surface area contributed by atoms with Crippen molar-refractivity contribution in [3.8, 4) is 0 Å². The van der Waals surface area contributed by atoms with Crippen LogP contribution in [0.1, 0.15) is 104 Å². The first-order valence-electron chi connectivity index (χ1n) is 10.9. The lowest BCUT2D eigenvalue weighted by atomic mass is 9.91. The van der Waals surface area contributed by atoms with Gasteiger partial charge in [0.25, 0.3) is 0 Å². The number of hydrogen-bond donors (Lipinski definition) is 2. The predicted molar refractivity (Wildman–Crippen MR) is 120 cm³/mol. The molecule has 25 heavy (non-hydrogen) atoms. The molecule has 1 N–H and O–H groups in total. The number of rotatable bonds is 8. The molecule has 0 bridgehead atoms. The van der Waals surface area contributed by atoms with Crippen LogP contribution in [0.15, 0.2) is 0 Å². The van der Waals surface area contributed by atoms with Crippen LogP contribution in [-0.4, -0.2) is 34.4 Å². The van der Waals surface area contributed by atoms with Gasteiger partial charge < -0.3 is 10.2 Å². The van der Waals surface area contributed by atoms with E-state index in [1.807, 2.05) is 0 Å². The van der Waals surface area contributed by atoms with Crippen LogP contribution in [0.2, 0.25) is 0 Å². The average molecular weight is 387 g/mol. The number of thiol groups is 1. The van der Waals surface area contributed by atoms with E-state index >= 15 is 0 Å². The number of hydrogen-bond acceptors (Lipinski definition) is 2. The molecule has 2 saturated carbocycles. The second-order valence-corrected chi connectivity index (χ2v) is 8.93. The van der Waals surface area contributed by atoms with Crippen molar-refractivity contribution in [3.05, 3.63) is 0 Å². The molecule has 4 heteroatoms. The molecule has 0 unspecified atom stereocenters. The second kappa shape index (κ2) is 15.3. The predicted octanol–water partition coefficient (Wildman–Crippen LogP) is 6.34. The van der Waals surface area contributed by atoms with Crippen LogP contribution in [-0.2, 0) is 0 Å². The summed E-state index contributed by atoms with van der Waals surface area (Å²) in [6, 6.07) is 1.74. The molecule has 2 aliphatic rings. The molecule has 0 amide bonds. The van der Waals surface area contributed by atoms with Gasteiger partial charge in [0.2, 0.25) is 0 Å². The number of thiocarbonyl (C=S) groups is 1. The van der Waals surface area contributed by atoms with Crippen LogP contribution in [0, 0.1) is 0 Å². The Balaban J connectivity index is 0.000000252. The Hall–Kier alpha value is 0.200. The van der Waals surface area contributed by atoms with Crippen LogP contribution in [0.4, 0.5) is 0 Å². The highest BCUT2D eigenvalue weighted by Gasteiger charge is 2.19. The summed E-state index contributed by atoms with van der Waals surface area (Å²) in [5.74, 6) is 0. The van der Waals surface area contributed by atoms with Gasteiger partial charge in [-0.25, -0.2) is 0 Å². The fraction of sp³-hybridized carbons (Fsp3) is 0.952. The van der Waals surface area contributed by atoms with Crippen molar-refractivity contribution in [2.45, 2.75) is 116 Å². The highest BCUT2D eigenvalue weighted by Crippen LogP contribution is 2.22. The summed E-state index contributed by atoms with van der Waals surface area (Å²) in [5, 5.41) is 3.86. The molecule has 0 spiro atoms. The molecule has 0 aromatic heterocycles. The van der Waals surface area contributed by atoms with Crippen LogP contribution in [0.3, 0.4) is 0 Å². The molecule has 0 atom stereocenters. The molecule has 0 radical (unpaired) electrons. The van der Waals surface area contributed by atoms with E-state index in [4.69, 9.17) is 12.2 Å². The molecule has 0 aromatic rings. The van der Waals surface area contributed by atoms with Crippen molar-refractivity contribution in [1.29, 1.82) is 0 Å². The molecule has 2 nitrogen and oxygen atoms in total. The standard InChI is InChI=1S/C12H23N.C9H19NS2/c1-3-7-11(8-4-1)13-12-9-5-2-6-10-12;1-3-5-7-10(9(11)12)8-6-4-2/h11-13H,1-10H2;3-8H2,1-2H3,(H,11,12). The van der Waals surface area contributed by atoms with Gasteiger partial charge in [0, 0.05) is 25.2 Å². The molecule has 0 aliphatic heterocycles. The van der Waals surface area contributed by atoms with Crippen LogP contribution in [0.25, 0.3) is 0 Å². The maximum atomic E-state index is 5.03. The first-order chi connectivity index (χ1) is 12.2. The summed E-state index contributed by atoms with van der Waals surface area (Å²) < 4.78 is 0.747. The van der Waals surface area contributed by atoms with Crippen LogP contribution < -0.4 is 5.32 Å². The van der Waals surface area contributed by atoms with Gasteiger partial charge in [-0.3, -0.25) is 0 Å². The minimum atomic E-state index is 0.747. The minimum absolute atomic E-state index is 0.747. The third-order valence-electron chi connectivity index (χ3n) is 5.52. The van der Waals surface area contributed by atoms with Crippen LogP contribution in [0.5, 0.6) is 0 Å². The monoisotopic (exact) mass is 386 g/mol. The van der Waals surface area contributed by atoms with Crippen molar-refractivity contribution in [2.75, 3.05) is 13.1 Å². The van der Waals surface area contributed by atoms with Gasteiger partial charge in [0.1, 0.15) is 4.32 Å². The van der Waals surface area contributed by atoms with E-state index in [0.29, 0.717) is 0 Å². The van der Waals surface area contributed by atoms with E-state index in [1.165, 1.54) is 89.9 Å². The Labute approximate surface area is 168 Å². The zero-order valence-electron chi connectivity index (χ0n) is 16.8. The summed E-state index contributed by atoms with van der Waals surface area (Å²) in [5.41, 5.74) is 0. The minimum Gasteiger partial charge on any atom is -0.358 e. The maximum Gasteiger partial charge on any atom is 0.133 e. The van der Waals surface area contributed by atoms with Crippen molar-refractivity contribution in [3.63, 3.8) is 0 Å². The van der Waals surface area contributed by atoms with Crippen molar-refractivity contribution < 1.29 is 0 Å². The fourth-order valence-corrected chi connectivity index (χ4v) is 4.26. The lowest BCUT2D eigenvalue weighted by Crippen LogP contribution is -2.40. The van der Waals surface area contributed by atoms with E-state index in [-0.39, 0.29) is 0 Å². The molecule has 2 fully saturated rings. The van der Waals surface area contributed by atoms with Gasteiger partial charge >= 0.3 is 0 Å². The normalized spacial score (nSPS) is 19.2. The quantitative estimate of drug-likeness (QED) is 0.374. The Morgan fingerprint density at radius 1 is 0.840 bits per heavy atom. The Morgan fingerprint density at radius 3 is 1.56 bits per heavy atom. The summed E-state index contributed by atoms with van der Waals surface area (Å²) in [6.07, 6.45) is 19.4. The van der Waals surface area contributed by atoms with Crippen molar-refractivity contribution >= 4 is 29.2 Å². The molecule has 0 saturated heterocycles. The van der Waals surface area contributed by atoms with Gasteiger partial charge in [0.15, 0.2) is 0 Å². The van der Waals surface area contributed by atoms with Gasteiger partial charge in [-0.05, 0) is 38.5 Å². The summed E-state index contributed by atoms with van der Waals surface area (Å²) >= 11 is 9.23. The number of nitrogens with one attached hydrogen (secondary N) is 1. The highest BCUT2D eigenvalue weighted by atomic mass is 32.1. The van der Waals surface area contributed by atoms with E-state index in [0.717, 1.165) is 29.5 Å². The lowest BCUT2D eigenvalue weighted by Gasteiger charge is -2.30. The zero-order chi connectivity index (χ0) is 18.3. The summed E-state index contributed by atoms with van der Waals surface area (Å²) in [4.78, 5) is 2.19. The third kappa shape index (κ3) is 11.5. The molecule has 2 aliphatic carbocycles. The zero-order valence-corrected chi connectivity index (χ0v) is 18.5. The number of nitrogens with zero attached hydrogens (tertiary/aromatic N) is 1. The average Bonchev–Trinajstić information content (AvgIpc) is 2.64. The van der Waals surface area contributed by atoms with Crippen molar-refractivity contribution in [1.82, 2.24) is 10.2 Å². The first-order valence-corrected chi connectivity index (χ1v) is 11.8. The second-order valence-electron chi connectivity index (χ2n) is 7.81. The molecule has 0 heterocycles. The molecule has 148 valence electrons. The van der Waals surface area contributed by atoms with Gasteiger partial charge in [-0.15, -0.1) is 12.6 Å². The van der Waals surface area contributed by atoms with E-state index in [2.05, 4.69) is 36.7 Å². The lowest BCUT2D eigenvalue weighted by molar-refractivity contribution is 0.291. The van der Waals surface area contributed by atoms with Gasteiger partial charge in [-0.1, -0.05) is 77.4 Å². The largest absolute Gasteiger partial charge is 0.358 e. The molecule has 2 rings (SSSR count). The smallest absolute Gasteiger partial charge is 0.133 e. The summed E-state index contributed by atoms with van der Waals surface area (Å²) in [7, 11) is 0. The van der Waals surface area contributed by atoms with Crippen LogP contribution >= 0.6 is 24.8 Å². The molecule has 0 aromatic carbocycles. The molecular weight excluding hydrogens is 344 g/mol. The highest BCUT2D eigenvalue weighted by molar-refractivity contribution is 8.10. The van der Waals surface area contributed by atoms with Crippen molar-refractivity contribution in [2.24, 2.45) is 0 Å². The Bertz CT molecular complexity index is 300. The van der Waals surface area contributed by atoms with E-state index in [9.17, 15) is 0 Å². The first kappa shape index (κ1) is 23.2. The SMILES string of the molecule is C1CCC(NC2CCCCC2)CC1.CCCCN(CCCC)C(=S)S. The van der Waals surface area contributed by atoms with Gasteiger partial charge in [-0.2, -0.15) is 0 Å². The maximum absolute atomic E-state index is 5.03.